The molecule has 0 rings (SSSR count). The molecule has 2 atom stereocenters. The molecule has 62 valence electrons. The normalized spacial score (nSPS) is 20.7. The summed E-state index contributed by atoms with van der Waals surface area (Å²) in [4.78, 5) is 0. The summed E-state index contributed by atoms with van der Waals surface area (Å²) < 4.78 is 0. The van der Waals surface area contributed by atoms with Crippen molar-refractivity contribution in [2.45, 2.75) is 33.3 Å². The molecule has 0 aromatic heterocycles. The largest absolute Gasteiger partial charge is 0.390 e. The Morgan fingerprint density at radius 3 is 1.90 bits per heavy atom. The summed E-state index contributed by atoms with van der Waals surface area (Å²) in [6.45, 7) is 8.37. The average Bonchev–Trinajstić information content (AvgIpc) is 1.86. The highest BCUT2D eigenvalue weighted by Gasteiger charge is 2.30. The van der Waals surface area contributed by atoms with Gasteiger partial charge in [-0.2, -0.15) is 0 Å². The van der Waals surface area contributed by atoms with Crippen LogP contribution in [0.2, 0.25) is 0 Å². The molecule has 0 heterocycles. The fourth-order valence-corrected chi connectivity index (χ4v) is 0.808. The van der Waals surface area contributed by atoms with Crippen LogP contribution >= 0.6 is 0 Å². The minimum Gasteiger partial charge on any atom is -0.390 e. The molecule has 0 aliphatic rings. The van der Waals surface area contributed by atoms with Crippen molar-refractivity contribution in [2.75, 3.05) is 6.54 Å². The van der Waals surface area contributed by atoms with E-state index in [-0.39, 0.29) is 11.8 Å². The lowest BCUT2D eigenvalue weighted by Crippen LogP contribution is -2.41. The number of rotatable bonds is 3. The fraction of sp³-hybridized carbons (Fsp3) is 1.00. The van der Waals surface area contributed by atoms with Crippen molar-refractivity contribution in [3.05, 3.63) is 0 Å². The summed E-state index contributed by atoms with van der Waals surface area (Å²) in [6.07, 6.45) is 0. The highest BCUT2D eigenvalue weighted by Crippen LogP contribution is 2.24. The van der Waals surface area contributed by atoms with E-state index in [1.165, 1.54) is 0 Å². The van der Waals surface area contributed by atoms with Gasteiger partial charge in [-0.25, -0.2) is 0 Å². The van der Waals surface area contributed by atoms with E-state index >= 15 is 0 Å². The minimum atomic E-state index is -0.616. The molecule has 0 aliphatic heterocycles. The average molecular weight is 145 g/mol. The molecule has 0 saturated carbocycles. The SMILES string of the molecule is CC(C)C(C)(O)C(C)CN. The Morgan fingerprint density at radius 2 is 1.80 bits per heavy atom. The second-order valence-corrected chi connectivity index (χ2v) is 3.52. The van der Waals surface area contributed by atoms with Crippen LogP contribution in [0.4, 0.5) is 0 Å². The first-order chi connectivity index (χ1) is 4.42. The molecule has 0 bridgehead atoms. The Labute approximate surface area is 63.4 Å². The lowest BCUT2D eigenvalue weighted by atomic mass is 9.81. The highest BCUT2D eigenvalue weighted by molar-refractivity contribution is 4.82. The van der Waals surface area contributed by atoms with Crippen LogP contribution in [0.3, 0.4) is 0 Å². The monoisotopic (exact) mass is 145 g/mol. The molecule has 0 aromatic rings. The van der Waals surface area contributed by atoms with Crippen LogP contribution in [0, 0.1) is 11.8 Å². The standard InChI is InChI=1S/C8H19NO/c1-6(2)8(4,10)7(3)5-9/h6-7,10H,5,9H2,1-4H3. The molecular weight excluding hydrogens is 126 g/mol. The molecular formula is C8H19NO. The van der Waals surface area contributed by atoms with Crippen LogP contribution in [0.5, 0.6) is 0 Å². The van der Waals surface area contributed by atoms with E-state index in [1.807, 2.05) is 27.7 Å². The summed E-state index contributed by atoms with van der Waals surface area (Å²) >= 11 is 0. The molecule has 10 heavy (non-hydrogen) atoms. The Balaban J connectivity index is 4.09. The van der Waals surface area contributed by atoms with Crippen molar-refractivity contribution in [3.63, 3.8) is 0 Å². The first-order valence-corrected chi connectivity index (χ1v) is 3.85. The molecule has 2 nitrogen and oxygen atoms in total. The number of nitrogens with two attached hydrogens (primary N) is 1. The summed E-state index contributed by atoms with van der Waals surface area (Å²) in [5.74, 6) is 0.443. The number of hydrogen-bond acceptors (Lipinski definition) is 2. The van der Waals surface area contributed by atoms with Gasteiger partial charge in [0.25, 0.3) is 0 Å². The third kappa shape index (κ3) is 1.96. The molecule has 2 heteroatoms. The van der Waals surface area contributed by atoms with Gasteiger partial charge in [-0.1, -0.05) is 20.8 Å². The Bertz CT molecular complexity index is 99.4. The Morgan fingerprint density at radius 1 is 1.40 bits per heavy atom. The molecule has 2 unspecified atom stereocenters. The third-order valence-electron chi connectivity index (χ3n) is 2.52. The lowest BCUT2D eigenvalue weighted by Gasteiger charge is -2.33. The first-order valence-electron chi connectivity index (χ1n) is 3.85. The maximum atomic E-state index is 9.78. The molecule has 0 radical (unpaired) electrons. The van der Waals surface area contributed by atoms with Gasteiger partial charge < -0.3 is 10.8 Å². The van der Waals surface area contributed by atoms with E-state index in [0.29, 0.717) is 6.54 Å². The van der Waals surface area contributed by atoms with Gasteiger partial charge in [-0.15, -0.1) is 0 Å². The molecule has 0 saturated heterocycles. The van der Waals surface area contributed by atoms with Crippen LogP contribution in [-0.4, -0.2) is 17.3 Å². The first kappa shape index (κ1) is 9.92. The Hall–Kier alpha value is -0.0800. The molecule has 0 fully saturated rings. The van der Waals surface area contributed by atoms with Crippen LogP contribution < -0.4 is 5.73 Å². The van der Waals surface area contributed by atoms with Gasteiger partial charge in [0.15, 0.2) is 0 Å². The van der Waals surface area contributed by atoms with Gasteiger partial charge >= 0.3 is 0 Å². The van der Waals surface area contributed by atoms with Crippen molar-refractivity contribution >= 4 is 0 Å². The zero-order chi connectivity index (χ0) is 8.36. The molecule has 0 aromatic carbocycles. The topological polar surface area (TPSA) is 46.2 Å². The van der Waals surface area contributed by atoms with Gasteiger partial charge in [-0.05, 0) is 25.3 Å². The number of aliphatic hydroxyl groups is 1. The van der Waals surface area contributed by atoms with Gasteiger partial charge in [-0.3, -0.25) is 0 Å². The highest BCUT2D eigenvalue weighted by atomic mass is 16.3. The minimum absolute atomic E-state index is 0.174. The van der Waals surface area contributed by atoms with Gasteiger partial charge in [0.2, 0.25) is 0 Å². The van der Waals surface area contributed by atoms with Crippen molar-refractivity contribution in [2.24, 2.45) is 17.6 Å². The second-order valence-electron chi connectivity index (χ2n) is 3.52. The maximum absolute atomic E-state index is 9.78. The Kier molecular flexibility index (Phi) is 3.33. The molecule has 3 N–H and O–H groups in total. The van der Waals surface area contributed by atoms with Crippen molar-refractivity contribution < 1.29 is 5.11 Å². The fourth-order valence-electron chi connectivity index (χ4n) is 0.808. The molecule has 0 amide bonds. The van der Waals surface area contributed by atoms with Crippen molar-refractivity contribution in [1.29, 1.82) is 0 Å². The van der Waals surface area contributed by atoms with E-state index in [0.717, 1.165) is 0 Å². The maximum Gasteiger partial charge on any atom is 0.0679 e. The van der Waals surface area contributed by atoms with E-state index in [4.69, 9.17) is 5.73 Å². The van der Waals surface area contributed by atoms with Crippen LogP contribution in [0.15, 0.2) is 0 Å². The smallest absolute Gasteiger partial charge is 0.0679 e. The zero-order valence-electron chi connectivity index (χ0n) is 7.39. The predicted octanol–water partition coefficient (Wildman–Crippen LogP) is 0.988. The predicted molar refractivity (Wildman–Crippen MR) is 43.7 cm³/mol. The van der Waals surface area contributed by atoms with Crippen molar-refractivity contribution in [1.82, 2.24) is 0 Å². The van der Waals surface area contributed by atoms with E-state index in [2.05, 4.69) is 0 Å². The zero-order valence-corrected chi connectivity index (χ0v) is 7.39. The van der Waals surface area contributed by atoms with Crippen LogP contribution in [0.25, 0.3) is 0 Å². The third-order valence-corrected chi connectivity index (χ3v) is 2.52. The van der Waals surface area contributed by atoms with Crippen LogP contribution in [0.1, 0.15) is 27.7 Å². The van der Waals surface area contributed by atoms with Crippen LogP contribution in [-0.2, 0) is 0 Å². The molecule has 0 spiro atoms. The van der Waals surface area contributed by atoms with E-state index < -0.39 is 5.60 Å². The second kappa shape index (κ2) is 3.35. The van der Waals surface area contributed by atoms with Gasteiger partial charge in [0, 0.05) is 0 Å². The summed E-state index contributed by atoms with van der Waals surface area (Å²) in [6, 6.07) is 0. The molecule has 0 aliphatic carbocycles. The summed E-state index contributed by atoms with van der Waals surface area (Å²) in [7, 11) is 0. The summed E-state index contributed by atoms with van der Waals surface area (Å²) in [5, 5.41) is 9.78. The van der Waals surface area contributed by atoms with Gasteiger partial charge in [0.1, 0.15) is 0 Å². The van der Waals surface area contributed by atoms with Gasteiger partial charge in [0.05, 0.1) is 5.60 Å². The van der Waals surface area contributed by atoms with E-state index in [9.17, 15) is 5.11 Å². The van der Waals surface area contributed by atoms with Crippen molar-refractivity contribution in [3.8, 4) is 0 Å². The van der Waals surface area contributed by atoms with E-state index in [1.54, 1.807) is 0 Å². The quantitative estimate of drug-likeness (QED) is 0.622. The lowest BCUT2D eigenvalue weighted by molar-refractivity contribution is -0.0321. The summed E-state index contributed by atoms with van der Waals surface area (Å²) in [5.41, 5.74) is 4.82. The number of hydrogen-bond donors (Lipinski definition) is 2.